The predicted octanol–water partition coefficient (Wildman–Crippen LogP) is 4.26. The number of para-hydroxylation sites is 3. The summed E-state index contributed by atoms with van der Waals surface area (Å²) in [7, 11) is 1.52. The fourth-order valence-electron chi connectivity index (χ4n) is 2.41. The smallest absolute Gasteiger partial charge is 0.433 e. The highest BCUT2D eigenvalue weighted by molar-refractivity contribution is 5.93. The van der Waals surface area contributed by atoms with E-state index >= 15 is 0 Å². The SMILES string of the molecule is CN(CC(=O)Nc1ccccc1OC(F)F)Cc1ccccc1OC(F)(F)F. The quantitative estimate of drug-likeness (QED) is 0.669. The van der Waals surface area contributed by atoms with Crippen LogP contribution in [0.5, 0.6) is 11.5 Å². The fraction of sp³-hybridized carbons (Fsp3) is 0.278. The number of hydrogen-bond acceptors (Lipinski definition) is 4. The number of rotatable bonds is 8. The monoisotopic (exact) mass is 404 g/mol. The summed E-state index contributed by atoms with van der Waals surface area (Å²) in [6.07, 6.45) is -4.83. The Hall–Kier alpha value is -2.88. The van der Waals surface area contributed by atoms with Gasteiger partial charge in [0.1, 0.15) is 11.5 Å². The van der Waals surface area contributed by atoms with Crippen LogP contribution >= 0.6 is 0 Å². The molecule has 2 aromatic carbocycles. The largest absolute Gasteiger partial charge is 0.573 e. The van der Waals surface area contributed by atoms with Gasteiger partial charge in [-0.15, -0.1) is 13.2 Å². The Bertz CT molecular complexity index is 799. The molecule has 0 bridgehead atoms. The highest BCUT2D eigenvalue weighted by Crippen LogP contribution is 2.27. The molecule has 0 aliphatic rings. The van der Waals surface area contributed by atoms with Crippen LogP contribution in [0.25, 0.3) is 0 Å². The Balaban J connectivity index is 1.99. The molecule has 0 aliphatic heterocycles. The molecule has 10 heteroatoms. The number of ether oxygens (including phenoxy) is 2. The summed E-state index contributed by atoms with van der Waals surface area (Å²) >= 11 is 0. The molecule has 2 rings (SSSR count). The summed E-state index contributed by atoms with van der Waals surface area (Å²) in [5.41, 5.74) is 0.290. The molecule has 0 heterocycles. The van der Waals surface area contributed by atoms with Crippen LogP contribution in [0.4, 0.5) is 27.6 Å². The molecule has 1 N–H and O–H groups in total. The van der Waals surface area contributed by atoms with E-state index in [1.807, 2.05) is 0 Å². The average Bonchev–Trinajstić information content (AvgIpc) is 2.56. The molecule has 1 amide bonds. The van der Waals surface area contributed by atoms with Crippen molar-refractivity contribution in [3.63, 3.8) is 0 Å². The molecule has 28 heavy (non-hydrogen) atoms. The number of amides is 1. The zero-order valence-corrected chi connectivity index (χ0v) is 14.7. The third kappa shape index (κ3) is 7.03. The van der Waals surface area contributed by atoms with Gasteiger partial charge >= 0.3 is 13.0 Å². The van der Waals surface area contributed by atoms with Crippen molar-refractivity contribution in [3.8, 4) is 11.5 Å². The first-order valence-electron chi connectivity index (χ1n) is 8.00. The first-order valence-corrected chi connectivity index (χ1v) is 8.00. The van der Waals surface area contributed by atoms with Gasteiger partial charge in [-0.05, 0) is 25.2 Å². The van der Waals surface area contributed by atoms with Crippen molar-refractivity contribution in [1.29, 1.82) is 0 Å². The Morgan fingerprint density at radius 3 is 2.32 bits per heavy atom. The molecule has 0 aromatic heterocycles. The Kier molecular flexibility index (Phi) is 7.16. The summed E-state index contributed by atoms with van der Waals surface area (Å²) in [4.78, 5) is 13.6. The van der Waals surface area contributed by atoms with Gasteiger partial charge in [0.2, 0.25) is 5.91 Å². The molecule has 0 spiro atoms. The second-order valence-corrected chi connectivity index (χ2v) is 5.75. The molecule has 152 valence electrons. The molecule has 0 aliphatic carbocycles. The number of nitrogens with one attached hydrogen (secondary N) is 1. The molecule has 0 unspecified atom stereocenters. The molecular formula is C18H17F5N2O3. The topological polar surface area (TPSA) is 50.8 Å². The maximum absolute atomic E-state index is 12.5. The lowest BCUT2D eigenvalue weighted by molar-refractivity contribution is -0.275. The van der Waals surface area contributed by atoms with E-state index < -0.39 is 18.9 Å². The third-order valence-electron chi connectivity index (χ3n) is 3.43. The molecule has 2 aromatic rings. The Morgan fingerprint density at radius 1 is 1.07 bits per heavy atom. The van der Waals surface area contributed by atoms with Gasteiger partial charge in [0.05, 0.1) is 12.2 Å². The van der Waals surface area contributed by atoms with Crippen LogP contribution in [0.1, 0.15) is 5.56 Å². The van der Waals surface area contributed by atoms with Crippen molar-refractivity contribution in [1.82, 2.24) is 4.90 Å². The summed E-state index contributed by atoms with van der Waals surface area (Å²) in [5, 5.41) is 2.44. The number of halogens is 5. The van der Waals surface area contributed by atoms with E-state index in [2.05, 4.69) is 14.8 Å². The maximum atomic E-state index is 12.5. The lowest BCUT2D eigenvalue weighted by atomic mass is 10.2. The summed E-state index contributed by atoms with van der Waals surface area (Å²) in [6, 6.07) is 11.2. The van der Waals surface area contributed by atoms with Gasteiger partial charge in [-0.1, -0.05) is 30.3 Å². The van der Waals surface area contributed by atoms with Gasteiger partial charge < -0.3 is 14.8 Å². The molecule has 0 saturated heterocycles. The van der Waals surface area contributed by atoms with E-state index in [4.69, 9.17) is 0 Å². The van der Waals surface area contributed by atoms with E-state index in [1.165, 1.54) is 54.4 Å². The minimum absolute atomic E-state index is 0.00510. The normalized spacial score (nSPS) is 11.6. The highest BCUT2D eigenvalue weighted by atomic mass is 19.4. The van der Waals surface area contributed by atoms with Crippen LogP contribution < -0.4 is 14.8 Å². The van der Waals surface area contributed by atoms with Crippen LogP contribution in [-0.4, -0.2) is 37.4 Å². The van der Waals surface area contributed by atoms with Crippen LogP contribution in [0.2, 0.25) is 0 Å². The van der Waals surface area contributed by atoms with E-state index in [0.717, 1.165) is 0 Å². The van der Waals surface area contributed by atoms with Gasteiger partial charge in [-0.3, -0.25) is 9.69 Å². The summed E-state index contributed by atoms with van der Waals surface area (Å²) in [6.45, 7) is -3.26. The second kappa shape index (κ2) is 9.36. The Labute approximate surface area is 157 Å². The van der Waals surface area contributed by atoms with Crippen molar-refractivity contribution in [3.05, 3.63) is 54.1 Å². The van der Waals surface area contributed by atoms with E-state index in [1.54, 1.807) is 6.07 Å². The van der Waals surface area contributed by atoms with Crippen molar-refractivity contribution < 1.29 is 36.2 Å². The molecule has 5 nitrogen and oxygen atoms in total. The minimum Gasteiger partial charge on any atom is -0.433 e. The van der Waals surface area contributed by atoms with Crippen molar-refractivity contribution in [2.75, 3.05) is 18.9 Å². The number of anilines is 1. The summed E-state index contributed by atoms with van der Waals surface area (Å²) in [5.74, 6) is -1.11. The van der Waals surface area contributed by atoms with Gasteiger partial charge in [-0.25, -0.2) is 0 Å². The minimum atomic E-state index is -4.83. The van der Waals surface area contributed by atoms with E-state index in [-0.39, 0.29) is 35.8 Å². The predicted molar refractivity (Wildman–Crippen MR) is 91.2 cm³/mol. The van der Waals surface area contributed by atoms with Crippen LogP contribution in [0, 0.1) is 0 Å². The number of hydrogen-bond donors (Lipinski definition) is 1. The van der Waals surface area contributed by atoms with Crippen molar-refractivity contribution >= 4 is 11.6 Å². The molecule has 0 fully saturated rings. The van der Waals surface area contributed by atoms with Crippen LogP contribution in [0.3, 0.4) is 0 Å². The van der Waals surface area contributed by atoms with Crippen molar-refractivity contribution in [2.45, 2.75) is 19.5 Å². The van der Waals surface area contributed by atoms with E-state index in [9.17, 15) is 26.7 Å². The lowest BCUT2D eigenvalue weighted by Gasteiger charge is -2.19. The Morgan fingerprint density at radius 2 is 1.68 bits per heavy atom. The number of carbonyl (C=O) groups is 1. The van der Waals surface area contributed by atoms with Crippen LogP contribution in [-0.2, 0) is 11.3 Å². The average molecular weight is 404 g/mol. The zero-order valence-electron chi connectivity index (χ0n) is 14.7. The fourth-order valence-corrected chi connectivity index (χ4v) is 2.41. The molecule has 0 radical (unpaired) electrons. The zero-order chi connectivity index (χ0) is 20.7. The number of likely N-dealkylation sites (N-methyl/N-ethyl adjacent to an activating group) is 1. The first kappa shape index (κ1) is 21.4. The molecule has 0 saturated carbocycles. The van der Waals surface area contributed by atoms with Crippen molar-refractivity contribution in [2.24, 2.45) is 0 Å². The standard InChI is InChI=1S/C18H17F5N2O3/c1-25(10-12-6-2-4-8-14(12)28-18(21,22)23)11-16(26)24-13-7-3-5-9-15(13)27-17(19)20/h2-9,17H,10-11H2,1H3,(H,24,26). The number of nitrogens with zero attached hydrogens (tertiary/aromatic N) is 1. The van der Waals surface area contributed by atoms with Gasteiger partial charge in [0.15, 0.2) is 0 Å². The third-order valence-corrected chi connectivity index (χ3v) is 3.43. The van der Waals surface area contributed by atoms with Gasteiger partial charge in [0.25, 0.3) is 0 Å². The first-order chi connectivity index (χ1) is 13.1. The van der Waals surface area contributed by atoms with Crippen LogP contribution in [0.15, 0.2) is 48.5 Å². The second-order valence-electron chi connectivity index (χ2n) is 5.75. The molecule has 0 atom stereocenters. The highest BCUT2D eigenvalue weighted by Gasteiger charge is 2.32. The number of carbonyl (C=O) groups excluding carboxylic acids is 1. The van der Waals surface area contributed by atoms with Gasteiger partial charge in [-0.2, -0.15) is 8.78 Å². The molecular weight excluding hydrogens is 387 g/mol. The number of benzene rings is 2. The maximum Gasteiger partial charge on any atom is 0.573 e. The summed E-state index contributed by atoms with van der Waals surface area (Å²) < 4.78 is 70.5. The van der Waals surface area contributed by atoms with E-state index in [0.29, 0.717) is 0 Å². The number of alkyl halides is 5. The lowest BCUT2D eigenvalue weighted by Crippen LogP contribution is -2.30. The van der Waals surface area contributed by atoms with Gasteiger partial charge in [0, 0.05) is 12.1 Å².